The SMILES string of the molecule is CC(C)(C)OC(=O)N[C@@H](Cc1c[nH]c2ccccc12)C(=O)N(C(=O)Cc1ccc(Cl)cc1Cl)C(=O)[C@H](CC(=O)O)NC(=O)[C@@H](N)Cc1ccc2ccccc2c1. The number of alkyl carbamates (subject to hydrolysis) is 1. The number of rotatable bonds is 13. The largest absolute Gasteiger partial charge is 0.481 e. The normalized spacial score (nSPS) is 13.0. The number of fused-ring (bicyclic) bond motifs is 2. The molecule has 0 aliphatic carbocycles. The van der Waals surface area contributed by atoms with Crippen molar-refractivity contribution >= 4 is 80.6 Å². The molecule has 0 unspecified atom stereocenters. The van der Waals surface area contributed by atoms with E-state index in [0.29, 0.717) is 16.5 Å². The highest BCUT2D eigenvalue weighted by atomic mass is 35.5. The lowest BCUT2D eigenvalue weighted by atomic mass is 10.0. The lowest BCUT2D eigenvalue weighted by molar-refractivity contribution is -0.158. The summed E-state index contributed by atoms with van der Waals surface area (Å²) >= 11 is 12.4. The molecule has 5 aromatic rings. The van der Waals surface area contributed by atoms with Crippen LogP contribution in [0, 0.1) is 0 Å². The number of carbonyl (C=O) groups excluding carboxylic acids is 5. The van der Waals surface area contributed by atoms with E-state index in [-0.39, 0.29) is 33.4 Å². The molecule has 0 spiro atoms. The maximum atomic E-state index is 14.6. The molecule has 0 saturated carbocycles. The van der Waals surface area contributed by atoms with Crippen molar-refractivity contribution in [2.75, 3.05) is 0 Å². The Kier molecular flexibility index (Phi) is 13.2. The summed E-state index contributed by atoms with van der Waals surface area (Å²) in [7, 11) is 0. The van der Waals surface area contributed by atoms with Crippen molar-refractivity contribution in [1.82, 2.24) is 20.5 Å². The second-order valence-electron chi connectivity index (χ2n) is 14.2. The van der Waals surface area contributed by atoms with Gasteiger partial charge in [-0.1, -0.05) is 89.9 Å². The Balaban J connectivity index is 1.49. The number of para-hydroxylation sites is 1. The number of aliphatic carboxylic acids is 1. The molecule has 1 aromatic heterocycles. The fourth-order valence-electron chi connectivity index (χ4n) is 6.11. The minimum Gasteiger partial charge on any atom is -0.481 e. The monoisotopic (exact) mass is 801 g/mol. The van der Waals surface area contributed by atoms with Gasteiger partial charge in [-0.05, 0) is 72.9 Å². The Bertz CT molecular complexity index is 2300. The number of amides is 5. The number of hydrogen-bond acceptors (Lipinski definition) is 8. The van der Waals surface area contributed by atoms with Gasteiger partial charge >= 0.3 is 12.1 Å². The summed E-state index contributed by atoms with van der Waals surface area (Å²) in [5, 5.41) is 17.6. The number of carboxylic acid groups (broad SMARTS) is 1. The molecule has 292 valence electrons. The molecule has 0 saturated heterocycles. The third-order valence-corrected chi connectivity index (χ3v) is 9.32. The van der Waals surface area contributed by atoms with Crippen molar-refractivity contribution in [1.29, 1.82) is 0 Å². The van der Waals surface area contributed by atoms with E-state index >= 15 is 0 Å². The van der Waals surface area contributed by atoms with Crippen LogP contribution in [0.15, 0.2) is 91.1 Å². The lowest BCUT2D eigenvalue weighted by Crippen LogP contribution is -2.60. The van der Waals surface area contributed by atoms with Gasteiger partial charge in [0, 0.05) is 33.6 Å². The molecular weight excluding hydrogens is 761 g/mol. The maximum Gasteiger partial charge on any atom is 0.408 e. The molecule has 15 heteroatoms. The van der Waals surface area contributed by atoms with Gasteiger partial charge in [0.2, 0.25) is 11.8 Å². The van der Waals surface area contributed by atoms with Crippen molar-refractivity contribution < 1.29 is 38.6 Å². The summed E-state index contributed by atoms with van der Waals surface area (Å²) in [6.07, 6.45) is -1.24. The van der Waals surface area contributed by atoms with E-state index < -0.39 is 72.3 Å². The van der Waals surface area contributed by atoms with Crippen molar-refractivity contribution in [2.24, 2.45) is 5.73 Å². The maximum absolute atomic E-state index is 14.6. The first-order chi connectivity index (χ1) is 26.5. The Labute approximate surface area is 332 Å². The number of aromatic nitrogens is 1. The van der Waals surface area contributed by atoms with Crippen LogP contribution in [0.1, 0.15) is 43.9 Å². The second kappa shape index (κ2) is 17.8. The van der Waals surface area contributed by atoms with Crippen LogP contribution in [0.5, 0.6) is 0 Å². The van der Waals surface area contributed by atoms with Crippen LogP contribution in [-0.4, -0.2) is 74.4 Å². The molecular formula is C41H41Cl2N5O8. The highest BCUT2D eigenvalue weighted by Crippen LogP contribution is 2.24. The van der Waals surface area contributed by atoms with Gasteiger partial charge < -0.3 is 31.2 Å². The number of imide groups is 3. The molecule has 0 radical (unpaired) electrons. The van der Waals surface area contributed by atoms with Gasteiger partial charge in [0.05, 0.1) is 18.9 Å². The van der Waals surface area contributed by atoms with Crippen molar-refractivity contribution in [3.05, 3.63) is 118 Å². The number of carboxylic acids is 1. The van der Waals surface area contributed by atoms with Gasteiger partial charge in [-0.25, -0.2) is 9.69 Å². The summed E-state index contributed by atoms with van der Waals surface area (Å²) in [6, 6.07) is 19.7. The third-order valence-electron chi connectivity index (χ3n) is 8.73. The molecule has 13 nitrogen and oxygen atoms in total. The number of H-pyrrole nitrogens is 1. The molecule has 5 amide bonds. The molecule has 0 bridgehead atoms. The van der Waals surface area contributed by atoms with Gasteiger partial charge in [0.1, 0.15) is 17.7 Å². The Morgan fingerprint density at radius 3 is 2.20 bits per heavy atom. The number of aromatic amines is 1. The van der Waals surface area contributed by atoms with Crippen LogP contribution in [0.3, 0.4) is 0 Å². The van der Waals surface area contributed by atoms with Gasteiger partial charge in [-0.15, -0.1) is 0 Å². The molecule has 56 heavy (non-hydrogen) atoms. The summed E-state index contributed by atoms with van der Waals surface area (Å²) in [6.45, 7) is 4.84. The number of nitrogens with two attached hydrogens (primary N) is 1. The predicted molar refractivity (Wildman–Crippen MR) is 212 cm³/mol. The Morgan fingerprint density at radius 1 is 0.821 bits per heavy atom. The highest BCUT2D eigenvalue weighted by Gasteiger charge is 2.40. The zero-order chi connectivity index (χ0) is 40.7. The summed E-state index contributed by atoms with van der Waals surface area (Å²) in [5.41, 5.74) is 7.44. The zero-order valence-corrected chi connectivity index (χ0v) is 32.3. The fraction of sp³-hybridized carbons (Fsp3) is 0.268. The van der Waals surface area contributed by atoms with E-state index in [1.807, 2.05) is 36.4 Å². The predicted octanol–water partition coefficient (Wildman–Crippen LogP) is 5.72. The number of hydrogen-bond donors (Lipinski definition) is 5. The minimum atomic E-state index is -1.94. The first-order valence-corrected chi connectivity index (χ1v) is 18.4. The summed E-state index contributed by atoms with van der Waals surface area (Å²) in [4.78, 5) is 85.4. The topological polar surface area (TPSA) is 201 Å². The van der Waals surface area contributed by atoms with Crippen molar-refractivity contribution in [3.63, 3.8) is 0 Å². The van der Waals surface area contributed by atoms with E-state index in [0.717, 1.165) is 16.3 Å². The molecule has 4 aromatic carbocycles. The molecule has 0 fully saturated rings. The van der Waals surface area contributed by atoms with E-state index in [2.05, 4.69) is 15.6 Å². The van der Waals surface area contributed by atoms with Crippen LogP contribution in [-0.2, 0) is 48.0 Å². The molecule has 6 N–H and O–H groups in total. The molecule has 0 aliphatic heterocycles. The van der Waals surface area contributed by atoms with E-state index in [1.165, 1.54) is 18.2 Å². The summed E-state index contributed by atoms with van der Waals surface area (Å²) < 4.78 is 5.42. The molecule has 1 heterocycles. The molecule has 0 aliphatic rings. The summed E-state index contributed by atoms with van der Waals surface area (Å²) in [5.74, 6) is -6.13. The Hall–Kier alpha value is -5.76. The molecule has 3 atom stereocenters. The van der Waals surface area contributed by atoms with Gasteiger partial charge in [0.15, 0.2) is 0 Å². The van der Waals surface area contributed by atoms with Crippen LogP contribution in [0.25, 0.3) is 21.7 Å². The minimum absolute atomic E-state index is 0.0216. The van der Waals surface area contributed by atoms with E-state index in [4.69, 9.17) is 33.7 Å². The number of halogens is 2. The average molecular weight is 803 g/mol. The van der Waals surface area contributed by atoms with Gasteiger partial charge in [0.25, 0.3) is 11.8 Å². The second-order valence-corrected chi connectivity index (χ2v) is 15.1. The van der Waals surface area contributed by atoms with Gasteiger partial charge in [-0.3, -0.25) is 24.0 Å². The van der Waals surface area contributed by atoms with Gasteiger partial charge in [-0.2, -0.15) is 0 Å². The number of nitrogens with zero attached hydrogens (tertiary/aromatic N) is 1. The smallest absolute Gasteiger partial charge is 0.408 e. The Morgan fingerprint density at radius 2 is 1.50 bits per heavy atom. The third kappa shape index (κ3) is 10.7. The van der Waals surface area contributed by atoms with Crippen LogP contribution < -0.4 is 16.4 Å². The standard InChI is InChI=1S/C41H41Cl2N5O8/c1-41(2,3)56-40(55)47-33(18-27-22-45-32-11-7-6-10-29(27)32)38(53)48(35(49)19-26-14-15-28(42)20-30(26)43)39(54)34(21-36(50)51)46-37(52)31(44)17-23-12-13-24-8-4-5-9-25(24)16-23/h4-16,20,22,31,33-34,45H,17-19,21,44H2,1-3H3,(H,46,52)(H,47,55)(H,50,51)/t31-,33-,34-/m0/s1. The van der Waals surface area contributed by atoms with E-state index in [1.54, 1.807) is 57.3 Å². The van der Waals surface area contributed by atoms with Crippen LogP contribution in [0.4, 0.5) is 4.79 Å². The average Bonchev–Trinajstić information content (AvgIpc) is 3.53. The number of nitrogens with one attached hydrogen (secondary N) is 3. The molecule has 5 rings (SSSR count). The zero-order valence-electron chi connectivity index (χ0n) is 30.8. The number of carbonyl (C=O) groups is 6. The first kappa shape index (κ1) is 41.4. The van der Waals surface area contributed by atoms with Crippen molar-refractivity contribution in [3.8, 4) is 0 Å². The van der Waals surface area contributed by atoms with Crippen molar-refractivity contribution in [2.45, 2.75) is 70.2 Å². The number of ether oxygens (including phenoxy) is 1. The lowest BCUT2D eigenvalue weighted by Gasteiger charge is -2.29. The van der Waals surface area contributed by atoms with E-state index in [9.17, 15) is 33.9 Å². The fourth-order valence-corrected chi connectivity index (χ4v) is 6.58. The first-order valence-electron chi connectivity index (χ1n) is 17.6. The quantitative estimate of drug-likeness (QED) is 0.0988. The number of benzene rings is 4. The van der Waals surface area contributed by atoms with Crippen LogP contribution >= 0.6 is 23.2 Å². The van der Waals surface area contributed by atoms with Crippen LogP contribution in [0.2, 0.25) is 10.0 Å². The highest BCUT2D eigenvalue weighted by molar-refractivity contribution is 6.35.